The number of carbonyl (C=O) groups is 1. The van der Waals surface area contributed by atoms with E-state index in [0.717, 1.165) is 0 Å². The summed E-state index contributed by atoms with van der Waals surface area (Å²) < 4.78 is 0.439. The maximum atomic E-state index is 10.4. The summed E-state index contributed by atoms with van der Waals surface area (Å²) in [4.78, 5) is 20.2. The number of non-ortho nitro benzene ring substituents is 1. The summed E-state index contributed by atoms with van der Waals surface area (Å²) in [7, 11) is 0. The largest absolute Gasteiger partial charge is 0.481 e. The van der Waals surface area contributed by atoms with Crippen molar-refractivity contribution in [2.45, 2.75) is 6.42 Å². The molecule has 0 atom stereocenters. The zero-order chi connectivity index (χ0) is 10.7. The lowest BCUT2D eigenvalue weighted by molar-refractivity contribution is -0.384. The zero-order valence-corrected chi connectivity index (χ0v) is 8.52. The Balaban J connectivity index is 3.01. The number of halogens is 1. The van der Waals surface area contributed by atoms with Crippen molar-refractivity contribution in [1.82, 2.24) is 0 Å². The number of nitro groups is 1. The molecule has 5 nitrogen and oxygen atoms in total. The Morgan fingerprint density at radius 3 is 2.64 bits per heavy atom. The molecule has 0 aromatic heterocycles. The molecule has 1 aromatic rings. The fraction of sp³-hybridized carbons (Fsp3) is 0.125. The molecule has 0 radical (unpaired) electrons. The number of hydrogen-bond donors (Lipinski definition) is 1. The lowest BCUT2D eigenvalue weighted by Gasteiger charge is -2.00. The van der Waals surface area contributed by atoms with Gasteiger partial charge in [-0.1, -0.05) is 22.0 Å². The van der Waals surface area contributed by atoms with E-state index in [9.17, 15) is 14.9 Å². The first kappa shape index (κ1) is 10.6. The molecule has 0 unspecified atom stereocenters. The molecule has 6 heteroatoms. The van der Waals surface area contributed by atoms with Gasteiger partial charge in [0.05, 0.1) is 11.3 Å². The molecule has 0 aliphatic rings. The lowest BCUT2D eigenvalue weighted by Crippen LogP contribution is -2.01. The van der Waals surface area contributed by atoms with Crippen LogP contribution in [0.25, 0.3) is 0 Å². The molecule has 0 saturated carbocycles. The minimum atomic E-state index is -0.973. The van der Waals surface area contributed by atoms with Crippen molar-refractivity contribution in [2.24, 2.45) is 0 Å². The first-order chi connectivity index (χ1) is 6.50. The maximum Gasteiger partial charge on any atom is 0.307 e. The summed E-state index contributed by atoms with van der Waals surface area (Å²) in [5.41, 5.74) is 0.453. The molecule has 0 bridgehead atoms. The summed E-state index contributed by atoms with van der Waals surface area (Å²) in [5, 5.41) is 18.9. The van der Waals surface area contributed by atoms with Gasteiger partial charge in [-0.3, -0.25) is 14.9 Å². The number of nitrogens with zero attached hydrogens (tertiary/aromatic N) is 1. The quantitative estimate of drug-likeness (QED) is 0.665. The third kappa shape index (κ3) is 2.53. The van der Waals surface area contributed by atoms with E-state index in [2.05, 4.69) is 15.9 Å². The van der Waals surface area contributed by atoms with Gasteiger partial charge in [0, 0.05) is 16.6 Å². The van der Waals surface area contributed by atoms with Crippen molar-refractivity contribution >= 4 is 27.6 Å². The van der Waals surface area contributed by atoms with Crippen LogP contribution in [0.4, 0.5) is 5.69 Å². The van der Waals surface area contributed by atoms with Gasteiger partial charge in [0.15, 0.2) is 0 Å². The molecule has 1 N–H and O–H groups in total. The number of benzene rings is 1. The van der Waals surface area contributed by atoms with Gasteiger partial charge in [0.2, 0.25) is 0 Å². The van der Waals surface area contributed by atoms with Gasteiger partial charge in [0.1, 0.15) is 0 Å². The third-order valence-corrected chi connectivity index (χ3v) is 2.33. The smallest absolute Gasteiger partial charge is 0.307 e. The van der Waals surface area contributed by atoms with Crippen LogP contribution in [0.15, 0.2) is 22.7 Å². The Hall–Kier alpha value is -1.43. The Morgan fingerprint density at radius 2 is 2.21 bits per heavy atom. The van der Waals surface area contributed by atoms with Crippen LogP contribution in [0.3, 0.4) is 0 Å². The highest BCUT2D eigenvalue weighted by Crippen LogP contribution is 2.23. The number of aliphatic carboxylic acids is 1. The summed E-state index contributed by atoms with van der Waals surface area (Å²) in [5.74, 6) is -0.973. The molecule has 0 aliphatic carbocycles. The fourth-order valence-corrected chi connectivity index (χ4v) is 1.46. The topological polar surface area (TPSA) is 80.4 Å². The molecule has 0 spiro atoms. The van der Waals surface area contributed by atoms with E-state index in [1.165, 1.54) is 18.2 Å². The van der Waals surface area contributed by atoms with E-state index in [1.54, 1.807) is 0 Å². The van der Waals surface area contributed by atoms with E-state index < -0.39 is 10.9 Å². The molecule has 0 amide bonds. The second kappa shape index (κ2) is 4.19. The van der Waals surface area contributed by atoms with Crippen LogP contribution < -0.4 is 0 Å². The van der Waals surface area contributed by atoms with E-state index in [-0.39, 0.29) is 12.1 Å². The van der Waals surface area contributed by atoms with Gasteiger partial charge in [0.25, 0.3) is 5.69 Å². The normalized spacial score (nSPS) is 9.79. The SMILES string of the molecule is O=C(O)Cc1ccc([N+](=O)[O-])cc1Br. The molecule has 0 saturated heterocycles. The van der Waals surface area contributed by atoms with Crippen LogP contribution in [-0.4, -0.2) is 16.0 Å². The van der Waals surface area contributed by atoms with Crippen LogP contribution in [-0.2, 0) is 11.2 Å². The van der Waals surface area contributed by atoms with Crippen molar-refractivity contribution < 1.29 is 14.8 Å². The van der Waals surface area contributed by atoms with Gasteiger partial charge in [-0.25, -0.2) is 0 Å². The highest BCUT2D eigenvalue weighted by molar-refractivity contribution is 9.10. The number of rotatable bonds is 3. The van der Waals surface area contributed by atoms with Crippen LogP contribution in [0.5, 0.6) is 0 Å². The number of carboxylic acids is 1. The van der Waals surface area contributed by atoms with Gasteiger partial charge in [-0.2, -0.15) is 0 Å². The number of hydrogen-bond acceptors (Lipinski definition) is 3. The summed E-state index contributed by atoms with van der Waals surface area (Å²) in [6, 6.07) is 4.00. The predicted octanol–water partition coefficient (Wildman–Crippen LogP) is 1.98. The average Bonchev–Trinajstić information content (AvgIpc) is 2.07. The third-order valence-electron chi connectivity index (χ3n) is 1.59. The molecular formula is C8H6BrNO4. The number of carboxylic acid groups (broad SMARTS) is 1. The van der Waals surface area contributed by atoms with E-state index in [4.69, 9.17) is 5.11 Å². The number of nitro benzene ring substituents is 1. The van der Waals surface area contributed by atoms with Crippen LogP contribution >= 0.6 is 15.9 Å². The maximum absolute atomic E-state index is 10.4. The first-order valence-corrected chi connectivity index (χ1v) is 4.44. The predicted molar refractivity (Wildman–Crippen MR) is 52.1 cm³/mol. The van der Waals surface area contributed by atoms with Gasteiger partial charge in [-0.05, 0) is 5.56 Å². The van der Waals surface area contributed by atoms with Crippen molar-refractivity contribution in [2.75, 3.05) is 0 Å². The molecular weight excluding hydrogens is 254 g/mol. The molecule has 1 aromatic carbocycles. The van der Waals surface area contributed by atoms with Gasteiger partial charge < -0.3 is 5.11 Å². The fourth-order valence-electron chi connectivity index (χ4n) is 0.956. The van der Waals surface area contributed by atoms with Crippen LogP contribution in [0, 0.1) is 10.1 Å². The molecule has 1 rings (SSSR count). The minimum absolute atomic E-state index is 0.0639. The molecule has 0 aliphatic heterocycles. The van der Waals surface area contributed by atoms with E-state index in [1.807, 2.05) is 0 Å². The summed E-state index contributed by atoms with van der Waals surface area (Å²) in [6.07, 6.45) is -0.154. The van der Waals surface area contributed by atoms with E-state index >= 15 is 0 Å². The van der Waals surface area contributed by atoms with Gasteiger partial charge in [-0.15, -0.1) is 0 Å². The average molecular weight is 260 g/mol. The monoisotopic (exact) mass is 259 g/mol. The molecule has 14 heavy (non-hydrogen) atoms. The Labute approximate surface area is 87.6 Å². The zero-order valence-electron chi connectivity index (χ0n) is 6.94. The Morgan fingerprint density at radius 1 is 1.57 bits per heavy atom. The van der Waals surface area contributed by atoms with Crippen molar-refractivity contribution in [3.05, 3.63) is 38.3 Å². The van der Waals surface area contributed by atoms with Crippen molar-refractivity contribution in [3.8, 4) is 0 Å². The van der Waals surface area contributed by atoms with Gasteiger partial charge >= 0.3 is 5.97 Å². The lowest BCUT2D eigenvalue weighted by atomic mass is 10.1. The Bertz CT molecular complexity index is 391. The van der Waals surface area contributed by atoms with Crippen LogP contribution in [0.2, 0.25) is 0 Å². The highest BCUT2D eigenvalue weighted by atomic mass is 79.9. The molecule has 0 heterocycles. The first-order valence-electron chi connectivity index (χ1n) is 3.65. The summed E-state index contributed by atoms with van der Waals surface area (Å²) >= 11 is 3.08. The van der Waals surface area contributed by atoms with Crippen molar-refractivity contribution in [3.63, 3.8) is 0 Å². The highest BCUT2D eigenvalue weighted by Gasteiger charge is 2.10. The molecule has 74 valence electrons. The summed E-state index contributed by atoms with van der Waals surface area (Å²) in [6.45, 7) is 0. The molecule has 0 fully saturated rings. The minimum Gasteiger partial charge on any atom is -0.481 e. The second-order valence-corrected chi connectivity index (χ2v) is 3.46. The van der Waals surface area contributed by atoms with Crippen molar-refractivity contribution in [1.29, 1.82) is 0 Å². The van der Waals surface area contributed by atoms with E-state index in [0.29, 0.717) is 10.0 Å². The van der Waals surface area contributed by atoms with Crippen LogP contribution in [0.1, 0.15) is 5.56 Å². The second-order valence-electron chi connectivity index (χ2n) is 2.60. The standard InChI is InChI=1S/C8H6BrNO4/c9-7-4-6(10(13)14)2-1-5(7)3-8(11)12/h1-2,4H,3H2,(H,11,12). The Kier molecular flexibility index (Phi) is 3.19.